The number of hydrogen-bond acceptors (Lipinski definition) is 5. The maximum Gasteiger partial charge on any atom is 0.322 e. The van der Waals surface area contributed by atoms with Crippen molar-refractivity contribution in [3.8, 4) is 0 Å². The van der Waals surface area contributed by atoms with Crippen LogP contribution in [0.5, 0.6) is 0 Å². The molecule has 0 unspecified atom stereocenters. The number of carbonyl (C=O) groups is 1. The molecule has 1 aromatic carbocycles. The molecule has 7 heteroatoms. The van der Waals surface area contributed by atoms with E-state index >= 15 is 0 Å². The summed E-state index contributed by atoms with van der Waals surface area (Å²) in [7, 11) is 0. The zero-order valence-electron chi connectivity index (χ0n) is 18.2. The molecule has 7 nitrogen and oxygen atoms in total. The average Bonchev–Trinajstić information content (AvgIpc) is 3.41. The molecule has 3 heterocycles. The molecule has 3 fully saturated rings. The quantitative estimate of drug-likeness (QED) is 0.768. The molecule has 1 N–H and O–H groups in total. The molecule has 3 aliphatic heterocycles. The second-order valence-corrected chi connectivity index (χ2v) is 8.78. The fourth-order valence-electron chi connectivity index (χ4n) is 4.73. The molecule has 0 radical (unpaired) electrons. The van der Waals surface area contributed by atoms with Gasteiger partial charge in [-0.3, -0.25) is 0 Å². The Bertz CT molecular complexity index is 675. The van der Waals surface area contributed by atoms with Gasteiger partial charge in [-0.05, 0) is 51.7 Å². The van der Waals surface area contributed by atoms with E-state index in [0.29, 0.717) is 13.1 Å². The Morgan fingerprint density at radius 2 is 1.63 bits per heavy atom. The van der Waals surface area contributed by atoms with Crippen LogP contribution < -0.4 is 10.2 Å². The monoisotopic (exact) mass is 417 g/mol. The first-order valence-electron chi connectivity index (χ1n) is 11.4. The van der Waals surface area contributed by atoms with Gasteiger partial charge in [-0.25, -0.2) is 4.79 Å². The Morgan fingerprint density at radius 1 is 1.03 bits per heavy atom. The highest BCUT2D eigenvalue weighted by Gasteiger charge is 2.28. The van der Waals surface area contributed by atoms with E-state index in [1.165, 1.54) is 0 Å². The number of nitrogens with one attached hydrogen (secondary N) is 1. The first-order valence-corrected chi connectivity index (χ1v) is 11.4. The van der Waals surface area contributed by atoms with Crippen LogP contribution in [0.25, 0.3) is 0 Å². The van der Waals surface area contributed by atoms with E-state index in [2.05, 4.69) is 30.1 Å². The van der Waals surface area contributed by atoms with Gasteiger partial charge < -0.3 is 29.3 Å². The van der Waals surface area contributed by atoms with E-state index in [1.807, 2.05) is 23.1 Å². The fraction of sp³-hybridized carbons (Fsp3) is 0.696. The van der Waals surface area contributed by atoms with E-state index in [-0.39, 0.29) is 30.4 Å². The van der Waals surface area contributed by atoms with Gasteiger partial charge in [-0.1, -0.05) is 12.1 Å². The van der Waals surface area contributed by atoms with Crippen molar-refractivity contribution in [3.63, 3.8) is 0 Å². The number of rotatable bonds is 6. The zero-order chi connectivity index (χ0) is 20.9. The summed E-state index contributed by atoms with van der Waals surface area (Å²) in [6.07, 6.45) is 4.71. The lowest BCUT2D eigenvalue weighted by molar-refractivity contribution is -0.00517. The number of para-hydroxylation sites is 2. The van der Waals surface area contributed by atoms with Gasteiger partial charge in [0.05, 0.1) is 35.8 Å². The molecule has 0 aliphatic carbocycles. The second kappa shape index (κ2) is 9.98. The lowest BCUT2D eigenvalue weighted by Gasteiger charge is -2.38. The van der Waals surface area contributed by atoms with E-state index in [1.54, 1.807) is 0 Å². The largest absolute Gasteiger partial charge is 0.376 e. The summed E-state index contributed by atoms with van der Waals surface area (Å²) < 4.78 is 17.5. The standard InChI is InChI=1S/C23H35N3O4/c1-17-13-25(14-18(2)30-17)22-10-4-3-9-21(22)24-23(27)26(15-19-7-5-11-28-19)16-20-8-6-12-29-20/h3-4,9-10,17-20H,5-8,11-16H2,1-2H3,(H,24,27)/t17-,18+,19-,20-/m0/s1. The molecule has 4 rings (SSSR count). The van der Waals surface area contributed by atoms with E-state index in [0.717, 1.165) is 63.4 Å². The van der Waals surface area contributed by atoms with E-state index < -0.39 is 0 Å². The predicted molar refractivity (Wildman–Crippen MR) is 117 cm³/mol. The number of nitrogens with zero attached hydrogens (tertiary/aromatic N) is 2. The van der Waals surface area contributed by atoms with Crippen molar-refractivity contribution in [2.75, 3.05) is 49.6 Å². The summed E-state index contributed by atoms with van der Waals surface area (Å²) in [6.45, 7) is 8.61. The summed E-state index contributed by atoms with van der Waals surface area (Å²) in [6, 6.07) is 7.96. The average molecular weight is 418 g/mol. The van der Waals surface area contributed by atoms with Crippen LogP contribution in [-0.2, 0) is 14.2 Å². The Balaban J connectivity index is 1.47. The van der Waals surface area contributed by atoms with Crippen LogP contribution in [0.15, 0.2) is 24.3 Å². The van der Waals surface area contributed by atoms with Crippen molar-refractivity contribution in [1.29, 1.82) is 0 Å². The minimum absolute atomic E-state index is 0.0807. The van der Waals surface area contributed by atoms with Crippen molar-refractivity contribution in [2.24, 2.45) is 0 Å². The first kappa shape index (κ1) is 21.4. The smallest absolute Gasteiger partial charge is 0.322 e. The zero-order valence-corrected chi connectivity index (χ0v) is 18.2. The van der Waals surface area contributed by atoms with Gasteiger partial charge in [0.1, 0.15) is 0 Å². The van der Waals surface area contributed by atoms with Crippen LogP contribution in [0.2, 0.25) is 0 Å². The van der Waals surface area contributed by atoms with E-state index in [9.17, 15) is 4.79 Å². The maximum absolute atomic E-state index is 13.3. The molecule has 1 aromatic rings. The topological polar surface area (TPSA) is 63.3 Å². The number of morpholine rings is 1. The Labute approximate surface area is 179 Å². The van der Waals surface area contributed by atoms with Gasteiger partial charge in [0.25, 0.3) is 0 Å². The molecular formula is C23H35N3O4. The van der Waals surface area contributed by atoms with Crippen molar-refractivity contribution in [2.45, 2.75) is 63.9 Å². The number of hydrogen-bond donors (Lipinski definition) is 1. The molecule has 3 aliphatic rings. The van der Waals surface area contributed by atoms with Gasteiger partial charge in [-0.2, -0.15) is 0 Å². The van der Waals surface area contributed by atoms with Crippen molar-refractivity contribution >= 4 is 17.4 Å². The summed E-state index contributed by atoms with van der Waals surface area (Å²) in [4.78, 5) is 17.5. The van der Waals surface area contributed by atoms with Crippen LogP contribution in [-0.4, -0.2) is 74.7 Å². The summed E-state index contributed by atoms with van der Waals surface area (Å²) in [5.74, 6) is 0. The fourth-order valence-corrected chi connectivity index (χ4v) is 4.73. The van der Waals surface area contributed by atoms with Gasteiger partial charge >= 0.3 is 6.03 Å². The molecule has 2 amide bonds. The van der Waals surface area contributed by atoms with Crippen molar-refractivity contribution in [1.82, 2.24) is 4.90 Å². The molecule has 0 spiro atoms. The summed E-state index contributed by atoms with van der Waals surface area (Å²) in [5.41, 5.74) is 1.88. The minimum Gasteiger partial charge on any atom is -0.376 e. The highest BCUT2D eigenvalue weighted by Crippen LogP contribution is 2.29. The highest BCUT2D eigenvalue weighted by molar-refractivity contribution is 5.93. The summed E-state index contributed by atoms with van der Waals surface area (Å²) in [5, 5.41) is 3.18. The molecule has 30 heavy (non-hydrogen) atoms. The minimum atomic E-state index is -0.0807. The van der Waals surface area contributed by atoms with Gasteiger partial charge in [0, 0.05) is 39.4 Å². The van der Waals surface area contributed by atoms with Gasteiger partial charge in [-0.15, -0.1) is 0 Å². The predicted octanol–water partition coefficient (Wildman–Crippen LogP) is 3.49. The number of benzene rings is 1. The Morgan fingerprint density at radius 3 is 2.20 bits per heavy atom. The number of ether oxygens (including phenoxy) is 3. The van der Waals surface area contributed by atoms with Gasteiger partial charge in [0.15, 0.2) is 0 Å². The third-order valence-corrected chi connectivity index (χ3v) is 6.09. The SMILES string of the molecule is C[C@@H]1CN(c2ccccc2NC(=O)N(C[C@@H]2CCCO2)C[C@@H]2CCCO2)C[C@H](C)O1. The Kier molecular flexibility index (Phi) is 7.12. The van der Waals surface area contributed by atoms with Crippen LogP contribution >= 0.6 is 0 Å². The molecule has 0 aromatic heterocycles. The molecule has 4 atom stereocenters. The van der Waals surface area contributed by atoms with Crippen molar-refractivity contribution in [3.05, 3.63) is 24.3 Å². The summed E-state index contributed by atoms with van der Waals surface area (Å²) >= 11 is 0. The maximum atomic E-state index is 13.3. The van der Waals surface area contributed by atoms with Crippen LogP contribution in [0.3, 0.4) is 0 Å². The lowest BCUT2D eigenvalue weighted by Crippen LogP contribution is -2.46. The van der Waals surface area contributed by atoms with Gasteiger partial charge in [0.2, 0.25) is 0 Å². The van der Waals surface area contributed by atoms with Crippen LogP contribution in [0.1, 0.15) is 39.5 Å². The normalized spacial score (nSPS) is 29.2. The van der Waals surface area contributed by atoms with Crippen LogP contribution in [0.4, 0.5) is 16.2 Å². The molecule has 166 valence electrons. The molecule has 0 saturated carbocycles. The number of anilines is 2. The third-order valence-electron chi connectivity index (χ3n) is 6.09. The Hall–Kier alpha value is -1.83. The van der Waals surface area contributed by atoms with Crippen molar-refractivity contribution < 1.29 is 19.0 Å². The molecule has 0 bridgehead atoms. The second-order valence-electron chi connectivity index (χ2n) is 8.78. The number of urea groups is 1. The lowest BCUT2D eigenvalue weighted by atomic mass is 10.1. The highest BCUT2D eigenvalue weighted by atomic mass is 16.5. The molecular weight excluding hydrogens is 382 g/mol. The first-order chi connectivity index (χ1) is 14.6. The van der Waals surface area contributed by atoms with Crippen LogP contribution in [0, 0.1) is 0 Å². The van der Waals surface area contributed by atoms with E-state index in [4.69, 9.17) is 14.2 Å². The number of carbonyl (C=O) groups excluding carboxylic acids is 1. The molecule has 3 saturated heterocycles. The third kappa shape index (κ3) is 5.45. The number of amides is 2.